The average Bonchev–Trinajstić information content (AvgIpc) is 2.82. The zero-order valence-corrected chi connectivity index (χ0v) is 14.4. The van der Waals surface area contributed by atoms with Gasteiger partial charge in [-0.05, 0) is 37.2 Å². The van der Waals surface area contributed by atoms with Gasteiger partial charge in [0.05, 0.1) is 21.5 Å². The number of ether oxygens (including phenoxy) is 1. The number of nitro groups is 1. The van der Waals surface area contributed by atoms with Crippen molar-refractivity contribution in [1.29, 1.82) is 0 Å². The second-order valence-corrected chi connectivity index (χ2v) is 6.29. The van der Waals surface area contributed by atoms with Crippen LogP contribution in [0.15, 0.2) is 29.2 Å². The topological polar surface area (TPSA) is 107 Å². The Morgan fingerprint density at radius 3 is 2.72 bits per heavy atom. The molecule has 8 nitrogen and oxygen atoms in total. The van der Waals surface area contributed by atoms with E-state index in [9.17, 15) is 24.5 Å². The lowest BCUT2D eigenvalue weighted by molar-refractivity contribution is -0.385. The second-order valence-electron chi connectivity index (χ2n) is 5.29. The fraction of sp³-hybridized carbons (Fsp3) is 0.312. The molecule has 0 unspecified atom stereocenters. The molecule has 0 bridgehead atoms. The molecule has 2 amide bonds. The highest BCUT2D eigenvalue weighted by Gasteiger charge is 2.37. The summed E-state index contributed by atoms with van der Waals surface area (Å²) >= 11 is 0.632. The van der Waals surface area contributed by atoms with E-state index in [1.807, 2.05) is 6.92 Å². The Morgan fingerprint density at radius 2 is 2.08 bits per heavy atom. The number of benzene rings is 1. The fourth-order valence-corrected chi connectivity index (χ4v) is 2.86. The van der Waals surface area contributed by atoms with Crippen LogP contribution in [-0.2, 0) is 14.3 Å². The molecule has 0 N–H and O–H groups in total. The molecule has 1 aliphatic heterocycles. The summed E-state index contributed by atoms with van der Waals surface area (Å²) < 4.78 is 5.06. The van der Waals surface area contributed by atoms with Gasteiger partial charge in [0.25, 0.3) is 16.8 Å². The first-order valence-corrected chi connectivity index (χ1v) is 8.33. The summed E-state index contributed by atoms with van der Waals surface area (Å²) in [5, 5.41) is 10.4. The minimum atomic E-state index is -0.677. The monoisotopic (exact) mass is 364 g/mol. The van der Waals surface area contributed by atoms with Crippen molar-refractivity contribution in [3.8, 4) is 0 Å². The quantitative estimate of drug-likeness (QED) is 0.330. The SMILES string of the molecule is CC[C@@H](C)OC(=O)CN1C(=O)S/C(=C/c2ccccc2[N+](=O)[O-])C1=O. The molecule has 1 atom stereocenters. The predicted molar refractivity (Wildman–Crippen MR) is 91.6 cm³/mol. The molecule has 0 saturated carbocycles. The molecule has 132 valence electrons. The minimum Gasteiger partial charge on any atom is -0.461 e. The number of thioether (sulfide) groups is 1. The summed E-state index contributed by atoms with van der Waals surface area (Å²) in [6.45, 7) is 3.07. The highest BCUT2D eigenvalue weighted by atomic mass is 32.2. The Bertz CT molecular complexity index is 761. The number of carbonyl (C=O) groups is 3. The molecule has 2 rings (SSSR count). The number of amides is 2. The lowest BCUT2D eigenvalue weighted by Crippen LogP contribution is -2.35. The largest absolute Gasteiger partial charge is 0.461 e. The molecule has 1 aromatic carbocycles. The van der Waals surface area contributed by atoms with Crippen LogP contribution in [0.25, 0.3) is 6.08 Å². The van der Waals surface area contributed by atoms with E-state index < -0.39 is 28.6 Å². The molecular formula is C16H16N2O6S. The number of esters is 1. The number of para-hydroxylation sites is 1. The van der Waals surface area contributed by atoms with Gasteiger partial charge in [0.1, 0.15) is 6.54 Å². The zero-order chi connectivity index (χ0) is 18.6. The molecule has 0 radical (unpaired) electrons. The van der Waals surface area contributed by atoms with Crippen LogP contribution in [0.2, 0.25) is 0 Å². The van der Waals surface area contributed by atoms with E-state index >= 15 is 0 Å². The van der Waals surface area contributed by atoms with Crippen LogP contribution in [0, 0.1) is 10.1 Å². The summed E-state index contributed by atoms with van der Waals surface area (Å²) in [6.07, 6.45) is 1.59. The average molecular weight is 364 g/mol. The van der Waals surface area contributed by atoms with E-state index in [0.717, 1.165) is 4.90 Å². The molecule has 1 fully saturated rings. The van der Waals surface area contributed by atoms with Gasteiger partial charge in [-0.15, -0.1) is 0 Å². The molecule has 1 aromatic rings. The van der Waals surface area contributed by atoms with Crippen LogP contribution in [-0.4, -0.2) is 39.6 Å². The summed E-state index contributed by atoms with van der Waals surface area (Å²) in [6, 6.07) is 5.88. The summed E-state index contributed by atoms with van der Waals surface area (Å²) in [5.41, 5.74) is 0.0330. The van der Waals surface area contributed by atoms with Crippen molar-refractivity contribution in [2.24, 2.45) is 0 Å². The first-order chi connectivity index (χ1) is 11.8. The Labute approximate surface area is 148 Å². The van der Waals surface area contributed by atoms with Gasteiger partial charge in [0.2, 0.25) is 0 Å². The standard InChI is InChI=1S/C16H16N2O6S/c1-3-10(2)24-14(19)9-17-15(20)13(25-16(17)21)8-11-6-4-5-7-12(11)18(22)23/h4-8,10H,3,9H2,1-2H3/b13-8+/t10-/m1/s1. The molecule has 9 heteroatoms. The Kier molecular flexibility index (Phi) is 5.92. The molecule has 1 saturated heterocycles. The third kappa shape index (κ3) is 4.44. The maximum absolute atomic E-state index is 12.3. The van der Waals surface area contributed by atoms with Gasteiger partial charge in [0, 0.05) is 6.07 Å². The van der Waals surface area contributed by atoms with Crippen molar-refractivity contribution < 1.29 is 24.0 Å². The smallest absolute Gasteiger partial charge is 0.326 e. The lowest BCUT2D eigenvalue weighted by atomic mass is 10.1. The van der Waals surface area contributed by atoms with E-state index in [1.54, 1.807) is 13.0 Å². The van der Waals surface area contributed by atoms with Gasteiger partial charge in [-0.3, -0.25) is 29.4 Å². The molecule has 25 heavy (non-hydrogen) atoms. The Hall–Kier alpha value is -2.68. The Morgan fingerprint density at radius 1 is 1.40 bits per heavy atom. The van der Waals surface area contributed by atoms with Crippen LogP contribution in [0.4, 0.5) is 10.5 Å². The van der Waals surface area contributed by atoms with Gasteiger partial charge in [0.15, 0.2) is 0 Å². The van der Waals surface area contributed by atoms with Gasteiger partial charge in [-0.25, -0.2) is 0 Å². The number of nitrogens with zero attached hydrogens (tertiary/aromatic N) is 2. The van der Waals surface area contributed by atoms with E-state index in [-0.39, 0.29) is 22.3 Å². The highest BCUT2D eigenvalue weighted by molar-refractivity contribution is 8.18. The van der Waals surface area contributed by atoms with Gasteiger partial charge in [-0.2, -0.15) is 0 Å². The van der Waals surface area contributed by atoms with Crippen LogP contribution in [0.3, 0.4) is 0 Å². The normalized spacial score (nSPS) is 17.0. The third-order valence-electron chi connectivity index (χ3n) is 3.49. The van der Waals surface area contributed by atoms with Crippen molar-refractivity contribution in [2.45, 2.75) is 26.4 Å². The number of nitro benzene ring substituents is 1. The van der Waals surface area contributed by atoms with E-state index in [1.165, 1.54) is 24.3 Å². The lowest BCUT2D eigenvalue weighted by Gasteiger charge is -2.14. The molecule has 0 aromatic heterocycles. The number of rotatable bonds is 6. The van der Waals surface area contributed by atoms with Crippen LogP contribution in [0.5, 0.6) is 0 Å². The van der Waals surface area contributed by atoms with Gasteiger partial charge < -0.3 is 4.74 Å². The first-order valence-electron chi connectivity index (χ1n) is 7.51. The summed E-state index contributed by atoms with van der Waals surface area (Å²) in [4.78, 5) is 47.3. The molecular weight excluding hydrogens is 348 g/mol. The van der Waals surface area contributed by atoms with Crippen molar-refractivity contribution in [3.05, 3.63) is 44.8 Å². The fourth-order valence-electron chi connectivity index (χ4n) is 2.03. The summed E-state index contributed by atoms with van der Waals surface area (Å²) in [7, 11) is 0. The predicted octanol–water partition coefficient (Wildman–Crippen LogP) is 2.97. The Balaban J connectivity index is 2.18. The molecule has 0 aliphatic carbocycles. The van der Waals surface area contributed by atoms with Gasteiger partial charge in [-0.1, -0.05) is 19.1 Å². The number of imide groups is 1. The summed E-state index contributed by atoms with van der Waals surface area (Å²) in [5.74, 6) is -1.35. The van der Waals surface area contributed by atoms with Crippen molar-refractivity contribution in [2.75, 3.05) is 6.54 Å². The number of hydrogen-bond donors (Lipinski definition) is 0. The third-order valence-corrected chi connectivity index (χ3v) is 4.40. The molecule has 1 aliphatic rings. The van der Waals surface area contributed by atoms with Crippen LogP contribution < -0.4 is 0 Å². The number of carbonyl (C=O) groups excluding carboxylic acids is 3. The minimum absolute atomic E-state index is 0.0237. The van der Waals surface area contributed by atoms with Crippen molar-refractivity contribution in [3.63, 3.8) is 0 Å². The maximum Gasteiger partial charge on any atom is 0.326 e. The van der Waals surface area contributed by atoms with Crippen molar-refractivity contribution in [1.82, 2.24) is 4.90 Å². The van der Waals surface area contributed by atoms with E-state index in [0.29, 0.717) is 18.2 Å². The molecule has 0 spiro atoms. The van der Waals surface area contributed by atoms with Gasteiger partial charge >= 0.3 is 5.97 Å². The molecule has 1 heterocycles. The van der Waals surface area contributed by atoms with Crippen LogP contribution >= 0.6 is 11.8 Å². The van der Waals surface area contributed by atoms with Crippen LogP contribution in [0.1, 0.15) is 25.8 Å². The van der Waals surface area contributed by atoms with E-state index in [4.69, 9.17) is 4.74 Å². The van der Waals surface area contributed by atoms with Crippen molar-refractivity contribution >= 4 is 40.6 Å². The maximum atomic E-state index is 12.3. The van der Waals surface area contributed by atoms with E-state index in [2.05, 4.69) is 0 Å². The first kappa shape index (κ1) is 18.7. The zero-order valence-electron chi connectivity index (χ0n) is 13.6. The number of hydrogen-bond acceptors (Lipinski definition) is 7. The highest BCUT2D eigenvalue weighted by Crippen LogP contribution is 2.33. The second kappa shape index (κ2) is 7.93.